The molecule has 27 heavy (non-hydrogen) atoms. The van der Waals surface area contributed by atoms with E-state index in [2.05, 4.69) is 9.47 Å². The van der Waals surface area contributed by atoms with E-state index in [-0.39, 0.29) is 6.54 Å². The Morgan fingerprint density at radius 2 is 1.78 bits per heavy atom. The first-order chi connectivity index (χ1) is 12.7. The van der Waals surface area contributed by atoms with Crippen molar-refractivity contribution in [3.63, 3.8) is 0 Å². The second-order valence-electron chi connectivity index (χ2n) is 6.65. The third-order valence-electron chi connectivity index (χ3n) is 4.92. The highest BCUT2D eigenvalue weighted by Crippen LogP contribution is 2.57. The maximum atomic E-state index is 13.3. The summed E-state index contributed by atoms with van der Waals surface area (Å²) in [5.74, 6) is -3.96. The van der Waals surface area contributed by atoms with Gasteiger partial charge in [-0.1, -0.05) is 0 Å². The Bertz CT molecular complexity index is 517. The van der Waals surface area contributed by atoms with Gasteiger partial charge >= 0.3 is 18.9 Å². The second-order valence-corrected chi connectivity index (χ2v) is 6.65. The molecule has 0 aromatic rings. The van der Waals surface area contributed by atoms with Crippen LogP contribution in [0.2, 0.25) is 0 Å². The molecule has 3 unspecified atom stereocenters. The maximum Gasteiger partial charge on any atom is 0.526 e. The van der Waals surface area contributed by atoms with Crippen LogP contribution in [0.1, 0.15) is 32.1 Å². The van der Waals surface area contributed by atoms with Crippen molar-refractivity contribution in [1.82, 2.24) is 5.06 Å². The van der Waals surface area contributed by atoms with Gasteiger partial charge in [-0.25, -0.2) is 4.74 Å². The molecular formula is C15H22F5NO6. The normalized spacial score (nSPS) is 36.2. The minimum atomic E-state index is -5.35. The van der Waals surface area contributed by atoms with Crippen LogP contribution in [-0.2, 0) is 28.5 Å². The fourth-order valence-corrected chi connectivity index (χ4v) is 3.45. The number of halogens is 5. The predicted octanol–water partition coefficient (Wildman–Crippen LogP) is 2.96. The number of hydrogen-bond donors (Lipinski definition) is 0. The summed E-state index contributed by atoms with van der Waals surface area (Å²) >= 11 is 0. The van der Waals surface area contributed by atoms with Crippen LogP contribution in [0, 0.1) is 5.92 Å². The van der Waals surface area contributed by atoms with Crippen LogP contribution in [-0.4, -0.2) is 62.9 Å². The van der Waals surface area contributed by atoms with Gasteiger partial charge in [-0.2, -0.15) is 8.78 Å². The summed E-state index contributed by atoms with van der Waals surface area (Å²) in [4.78, 5) is 5.24. The number of rotatable bonds is 8. The van der Waals surface area contributed by atoms with Crippen molar-refractivity contribution >= 4 is 0 Å². The molecule has 0 aromatic carbocycles. The van der Waals surface area contributed by atoms with E-state index in [0.717, 1.165) is 18.6 Å². The molecule has 3 atom stereocenters. The summed E-state index contributed by atoms with van der Waals surface area (Å²) in [6.45, 7) is -3.82. The highest BCUT2D eigenvalue weighted by atomic mass is 19.4. The standard InChI is InChI=1S/C15H22F5NO6/c1-22-11-8-21(23-2)13(9-6-7-9,24-10-4-3-5-10)14(25-11,26-12(16)17)27-15(18,19)20/h9-12H,3-8H2,1-2H3. The molecular weight excluding hydrogens is 385 g/mol. The number of morpholine rings is 1. The van der Waals surface area contributed by atoms with Gasteiger partial charge in [-0.15, -0.1) is 18.2 Å². The second kappa shape index (κ2) is 7.65. The fraction of sp³-hybridized carbons (Fsp3) is 1.00. The maximum absolute atomic E-state index is 13.3. The molecule has 1 aliphatic heterocycles. The number of ether oxygens (including phenoxy) is 5. The van der Waals surface area contributed by atoms with Crippen LogP contribution in [0.25, 0.3) is 0 Å². The molecule has 0 amide bonds. The lowest BCUT2D eigenvalue weighted by molar-refractivity contribution is -0.607. The van der Waals surface area contributed by atoms with Gasteiger partial charge in [0.2, 0.25) is 5.72 Å². The molecule has 2 saturated carbocycles. The van der Waals surface area contributed by atoms with E-state index in [4.69, 9.17) is 19.0 Å². The van der Waals surface area contributed by atoms with Crippen LogP contribution in [0.4, 0.5) is 22.0 Å². The predicted molar refractivity (Wildman–Crippen MR) is 76.7 cm³/mol. The highest BCUT2D eigenvalue weighted by Gasteiger charge is 2.75. The summed E-state index contributed by atoms with van der Waals surface area (Å²) < 4.78 is 90.9. The van der Waals surface area contributed by atoms with Crippen molar-refractivity contribution in [2.24, 2.45) is 5.92 Å². The van der Waals surface area contributed by atoms with Gasteiger partial charge < -0.3 is 9.47 Å². The smallest absolute Gasteiger partial charge is 0.354 e. The molecule has 3 fully saturated rings. The van der Waals surface area contributed by atoms with Crippen LogP contribution in [0.15, 0.2) is 0 Å². The molecule has 12 heteroatoms. The van der Waals surface area contributed by atoms with Gasteiger partial charge in [0.1, 0.15) is 0 Å². The molecule has 3 aliphatic rings. The molecule has 2 aliphatic carbocycles. The Labute approximate surface area is 152 Å². The molecule has 0 N–H and O–H groups in total. The van der Waals surface area contributed by atoms with Crippen molar-refractivity contribution in [3.8, 4) is 0 Å². The summed E-state index contributed by atoms with van der Waals surface area (Å²) in [7, 11) is 2.34. The van der Waals surface area contributed by atoms with Crippen LogP contribution < -0.4 is 0 Å². The molecule has 0 bridgehead atoms. The number of hydroxylamine groups is 2. The van der Waals surface area contributed by atoms with Crippen molar-refractivity contribution < 1.29 is 50.5 Å². The van der Waals surface area contributed by atoms with Gasteiger partial charge in [0, 0.05) is 13.0 Å². The van der Waals surface area contributed by atoms with Crippen LogP contribution in [0.3, 0.4) is 0 Å². The quantitative estimate of drug-likeness (QED) is 0.453. The number of alkyl halides is 5. The number of nitrogens with zero attached hydrogens (tertiary/aromatic N) is 1. The van der Waals surface area contributed by atoms with Crippen molar-refractivity contribution in [2.45, 2.75) is 69.2 Å². The van der Waals surface area contributed by atoms with E-state index < -0.39 is 43.0 Å². The lowest BCUT2D eigenvalue weighted by atomic mass is 9.93. The minimum Gasteiger partial charge on any atom is -0.354 e. The topological polar surface area (TPSA) is 58.6 Å². The lowest BCUT2D eigenvalue weighted by Crippen LogP contribution is -2.77. The Kier molecular flexibility index (Phi) is 5.98. The Morgan fingerprint density at radius 1 is 1.11 bits per heavy atom. The molecule has 0 aromatic heterocycles. The van der Waals surface area contributed by atoms with E-state index in [1.165, 1.54) is 7.11 Å². The Morgan fingerprint density at radius 3 is 2.19 bits per heavy atom. The average Bonchev–Trinajstić information content (AvgIpc) is 3.33. The van der Waals surface area contributed by atoms with Crippen LogP contribution >= 0.6 is 0 Å². The molecule has 0 radical (unpaired) electrons. The SMILES string of the molecule is COC1CN(OC)C(OC2CCC2)(C2CC2)C(OC(F)F)(OC(F)(F)F)O1. The van der Waals surface area contributed by atoms with Crippen molar-refractivity contribution in [3.05, 3.63) is 0 Å². The molecule has 1 heterocycles. The van der Waals surface area contributed by atoms with Crippen LogP contribution in [0.5, 0.6) is 0 Å². The van der Waals surface area contributed by atoms with Crippen molar-refractivity contribution in [1.29, 1.82) is 0 Å². The van der Waals surface area contributed by atoms with E-state index in [1.807, 2.05) is 0 Å². The van der Waals surface area contributed by atoms with Gasteiger partial charge in [-0.3, -0.25) is 14.3 Å². The Balaban J connectivity index is 2.10. The zero-order chi connectivity index (χ0) is 19.9. The summed E-state index contributed by atoms with van der Waals surface area (Å²) in [6.07, 6.45) is -4.44. The van der Waals surface area contributed by atoms with E-state index >= 15 is 0 Å². The number of methoxy groups -OCH3 is 1. The minimum absolute atomic E-state index is 0.189. The molecule has 3 rings (SSSR count). The molecule has 158 valence electrons. The first-order valence-electron chi connectivity index (χ1n) is 8.59. The van der Waals surface area contributed by atoms with Gasteiger partial charge in [-0.05, 0) is 32.1 Å². The third kappa shape index (κ3) is 4.07. The molecule has 7 nitrogen and oxygen atoms in total. The van der Waals surface area contributed by atoms with E-state index in [9.17, 15) is 22.0 Å². The molecule has 1 saturated heterocycles. The van der Waals surface area contributed by atoms with E-state index in [1.54, 1.807) is 0 Å². The first kappa shape index (κ1) is 21.1. The van der Waals surface area contributed by atoms with Gasteiger partial charge in [0.15, 0.2) is 6.29 Å². The summed E-state index contributed by atoms with van der Waals surface area (Å²) in [5, 5.41) is 1.01. The Hall–Kier alpha value is -0.630. The van der Waals surface area contributed by atoms with Gasteiger partial charge in [0.25, 0.3) is 0 Å². The first-order valence-corrected chi connectivity index (χ1v) is 8.59. The zero-order valence-electron chi connectivity index (χ0n) is 14.8. The third-order valence-corrected chi connectivity index (χ3v) is 4.92. The summed E-state index contributed by atoms with van der Waals surface area (Å²) in [6, 6.07) is 0. The zero-order valence-corrected chi connectivity index (χ0v) is 14.8. The molecule has 0 spiro atoms. The monoisotopic (exact) mass is 407 g/mol. The number of hydrogen-bond acceptors (Lipinski definition) is 7. The van der Waals surface area contributed by atoms with Gasteiger partial charge in [0.05, 0.1) is 19.8 Å². The summed E-state index contributed by atoms with van der Waals surface area (Å²) in [5.41, 5.74) is -2.17. The van der Waals surface area contributed by atoms with E-state index in [0.29, 0.717) is 25.7 Å². The largest absolute Gasteiger partial charge is 0.526 e. The highest BCUT2D eigenvalue weighted by molar-refractivity contribution is 5.04. The van der Waals surface area contributed by atoms with Crippen molar-refractivity contribution in [2.75, 3.05) is 20.8 Å². The lowest BCUT2D eigenvalue weighted by Gasteiger charge is -2.57. The average molecular weight is 407 g/mol. The fourth-order valence-electron chi connectivity index (χ4n) is 3.45.